The molecule has 1 aliphatic carbocycles. The fourth-order valence-electron chi connectivity index (χ4n) is 3.68. The number of hydrogen-bond acceptors (Lipinski definition) is 4. The Hall–Kier alpha value is -2.80. The summed E-state index contributed by atoms with van der Waals surface area (Å²) in [5, 5.41) is 5.63. The molecule has 1 fully saturated rings. The number of anilines is 2. The maximum atomic E-state index is 12.7. The highest BCUT2D eigenvalue weighted by Gasteiger charge is 2.22. The fraction of sp³-hybridized carbons (Fsp3) is 0.375. The van der Waals surface area contributed by atoms with Crippen LogP contribution in [-0.2, 0) is 9.59 Å². The maximum absolute atomic E-state index is 12.7. The summed E-state index contributed by atoms with van der Waals surface area (Å²) in [7, 11) is 0. The number of carbonyl (C=O) groups is 3. The number of thioether (sulfide) groups is 1. The summed E-state index contributed by atoms with van der Waals surface area (Å²) in [6.07, 6.45) is 6.01. The van der Waals surface area contributed by atoms with Crippen molar-refractivity contribution in [3.8, 4) is 0 Å². The zero-order chi connectivity index (χ0) is 22.2. The lowest BCUT2D eigenvalue weighted by Gasteiger charge is -2.21. The molecule has 1 saturated carbocycles. The van der Waals surface area contributed by atoms with Crippen LogP contribution in [0.15, 0.2) is 53.4 Å². The van der Waals surface area contributed by atoms with Crippen LogP contribution in [0.25, 0.3) is 0 Å². The van der Waals surface area contributed by atoms with Gasteiger partial charge in [-0.3, -0.25) is 14.4 Å². The SMILES string of the molecule is CCC(Sc1cccc(NC(=O)C2CCCCC2)c1)C(=O)Nc1ccc(C(N)=O)cc1. The predicted molar refractivity (Wildman–Crippen MR) is 125 cm³/mol. The van der Waals surface area contributed by atoms with Gasteiger partial charge in [0, 0.05) is 27.8 Å². The van der Waals surface area contributed by atoms with Crippen LogP contribution in [0.3, 0.4) is 0 Å². The van der Waals surface area contributed by atoms with Crippen LogP contribution in [0.2, 0.25) is 0 Å². The van der Waals surface area contributed by atoms with Gasteiger partial charge in [0.15, 0.2) is 0 Å². The lowest BCUT2D eigenvalue weighted by molar-refractivity contribution is -0.120. The average Bonchev–Trinajstić information content (AvgIpc) is 2.78. The minimum atomic E-state index is -0.504. The van der Waals surface area contributed by atoms with Crippen molar-refractivity contribution < 1.29 is 14.4 Å². The van der Waals surface area contributed by atoms with E-state index < -0.39 is 5.91 Å². The van der Waals surface area contributed by atoms with Crippen molar-refractivity contribution in [3.05, 3.63) is 54.1 Å². The van der Waals surface area contributed by atoms with E-state index in [0.29, 0.717) is 17.7 Å². The molecule has 2 aromatic carbocycles. The summed E-state index contributed by atoms with van der Waals surface area (Å²) in [6, 6.07) is 14.1. The first-order valence-electron chi connectivity index (χ1n) is 10.7. The van der Waals surface area contributed by atoms with Crippen molar-refractivity contribution in [1.29, 1.82) is 0 Å². The van der Waals surface area contributed by atoms with Crippen LogP contribution in [0.5, 0.6) is 0 Å². The third kappa shape index (κ3) is 6.59. The normalized spacial score (nSPS) is 15.1. The number of nitrogens with one attached hydrogen (secondary N) is 2. The van der Waals surface area contributed by atoms with Crippen LogP contribution >= 0.6 is 11.8 Å². The van der Waals surface area contributed by atoms with Crippen molar-refractivity contribution in [2.75, 3.05) is 10.6 Å². The second-order valence-electron chi connectivity index (χ2n) is 7.80. The Balaban J connectivity index is 1.60. The van der Waals surface area contributed by atoms with Crippen molar-refractivity contribution in [2.45, 2.75) is 55.6 Å². The Kier molecular flexibility index (Phi) is 8.12. The van der Waals surface area contributed by atoms with E-state index >= 15 is 0 Å². The molecule has 3 rings (SSSR count). The van der Waals surface area contributed by atoms with Crippen molar-refractivity contribution in [1.82, 2.24) is 0 Å². The number of carbonyl (C=O) groups excluding carboxylic acids is 3. The summed E-state index contributed by atoms with van der Waals surface area (Å²) < 4.78 is 0. The minimum Gasteiger partial charge on any atom is -0.366 e. The van der Waals surface area contributed by atoms with Gasteiger partial charge in [0.2, 0.25) is 17.7 Å². The monoisotopic (exact) mass is 439 g/mol. The molecule has 0 spiro atoms. The first kappa shape index (κ1) is 22.9. The van der Waals surface area contributed by atoms with E-state index in [1.54, 1.807) is 24.3 Å². The van der Waals surface area contributed by atoms with E-state index in [9.17, 15) is 14.4 Å². The molecule has 31 heavy (non-hydrogen) atoms. The first-order valence-corrected chi connectivity index (χ1v) is 11.6. The summed E-state index contributed by atoms with van der Waals surface area (Å²) in [4.78, 5) is 37.4. The molecule has 1 aliphatic rings. The smallest absolute Gasteiger partial charge is 0.248 e. The summed E-state index contributed by atoms with van der Waals surface area (Å²) >= 11 is 1.46. The van der Waals surface area contributed by atoms with Gasteiger partial charge in [-0.2, -0.15) is 0 Å². The quantitative estimate of drug-likeness (QED) is 0.514. The van der Waals surface area contributed by atoms with Crippen molar-refractivity contribution in [2.24, 2.45) is 11.7 Å². The molecule has 3 amide bonds. The Labute approximate surface area is 187 Å². The fourth-order valence-corrected chi connectivity index (χ4v) is 4.70. The number of benzene rings is 2. The van der Waals surface area contributed by atoms with E-state index in [1.807, 2.05) is 31.2 Å². The van der Waals surface area contributed by atoms with E-state index in [4.69, 9.17) is 5.73 Å². The van der Waals surface area contributed by atoms with Gasteiger partial charge in [0.05, 0.1) is 5.25 Å². The Bertz CT molecular complexity index is 924. The molecule has 0 heterocycles. The van der Waals surface area contributed by atoms with Crippen LogP contribution < -0.4 is 16.4 Å². The minimum absolute atomic E-state index is 0.0889. The molecule has 0 bridgehead atoms. The zero-order valence-corrected chi connectivity index (χ0v) is 18.5. The van der Waals surface area contributed by atoms with Crippen molar-refractivity contribution in [3.63, 3.8) is 0 Å². The van der Waals surface area contributed by atoms with E-state index in [2.05, 4.69) is 10.6 Å². The topological polar surface area (TPSA) is 101 Å². The largest absolute Gasteiger partial charge is 0.366 e. The van der Waals surface area contributed by atoms with Gasteiger partial charge < -0.3 is 16.4 Å². The highest BCUT2D eigenvalue weighted by molar-refractivity contribution is 8.00. The molecule has 0 saturated heterocycles. The molecule has 0 aromatic heterocycles. The van der Waals surface area contributed by atoms with Gasteiger partial charge in [0.1, 0.15) is 0 Å². The van der Waals surface area contributed by atoms with Gasteiger partial charge in [-0.15, -0.1) is 11.8 Å². The summed E-state index contributed by atoms with van der Waals surface area (Å²) in [6.45, 7) is 1.96. The Morgan fingerprint density at radius 2 is 1.71 bits per heavy atom. The summed E-state index contributed by atoms with van der Waals surface area (Å²) in [5.41, 5.74) is 7.02. The molecule has 1 atom stereocenters. The highest BCUT2D eigenvalue weighted by atomic mass is 32.2. The lowest BCUT2D eigenvalue weighted by atomic mass is 9.88. The van der Waals surface area contributed by atoms with Gasteiger partial charge in [-0.25, -0.2) is 0 Å². The molecule has 0 aliphatic heterocycles. The standard InChI is InChI=1S/C24H29N3O3S/c1-2-21(24(30)26-18-13-11-16(12-14-18)22(25)28)31-20-10-6-9-19(15-20)27-23(29)17-7-4-3-5-8-17/h6,9-15,17,21H,2-5,7-8H2,1H3,(H2,25,28)(H,26,30)(H,27,29). The molecule has 1 unspecified atom stereocenters. The van der Waals surface area contributed by atoms with Gasteiger partial charge >= 0.3 is 0 Å². The number of rotatable bonds is 8. The van der Waals surface area contributed by atoms with Crippen LogP contribution in [0.1, 0.15) is 55.8 Å². The first-order chi connectivity index (χ1) is 15.0. The number of hydrogen-bond donors (Lipinski definition) is 3. The molecular weight excluding hydrogens is 410 g/mol. The molecular formula is C24H29N3O3S. The van der Waals surface area contributed by atoms with E-state index in [1.165, 1.54) is 18.2 Å². The molecule has 0 radical (unpaired) electrons. The van der Waals surface area contributed by atoms with Crippen LogP contribution in [0.4, 0.5) is 11.4 Å². The average molecular weight is 440 g/mol. The van der Waals surface area contributed by atoms with Gasteiger partial charge in [0.25, 0.3) is 0 Å². The predicted octanol–water partition coefficient (Wildman–Crippen LogP) is 4.81. The van der Waals surface area contributed by atoms with Gasteiger partial charge in [-0.05, 0) is 61.7 Å². The molecule has 164 valence electrons. The molecule has 7 heteroatoms. The highest BCUT2D eigenvalue weighted by Crippen LogP contribution is 2.30. The number of primary amides is 1. The second-order valence-corrected chi connectivity index (χ2v) is 9.07. The van der Waals surface area contributed by atoms with Crippen molar-refractivity contribution >= 4 is 40.9 Å². The van der Waals surface area contributed by atoms with Gasteiger partial charge in [-0.1, -0.05) is 32.3 Å². The Morgan fingerprint density at radius 3 is 2.35 bits per heavy atom. The number of nitrogens with two attached hydrogens (primary N) is 1. The van der Waals surface area contributed by atoms with Crippen LogP contribution in [-0.4, -0.2) is 23.0 Å². The zero-order valence-electron chi connectivity index (χ0n) is 17.7. The maximum Gasteiger partial charge on any atom is 0.248 e. The third-order valence-electron chi connectivity index (χ3n) is 5.46. The van der Waals surface area contributed by atoms with E-state index in [0.717, 1.165) is 36.3 Å². The lowest BCUT2D eigenvalue weighted by Crippen LogP contribution is -2.25. The Morgan fingerprint density at radius 1 is 1.00 bits per heavy atom. The molecule has 4 N–H and O–H groups in total. The molecule has 6 nitrogen and oxygen atoms in total. The number of amides is 3. The molecule has 2 aromatic rings. The third-order valence-corrected chi connectivity index (χ3v) is 6.81. The van der Waals surface area contributed by atoms with E-state index in [-0.39, 0.29) is 23.0 Å². The van der Waals surface area contributed by atoms with Crippen LogP contribution in [0, 0.1) is 5.92 Å². The summed E-state index contributed by atoms with van der Waals surface area (Å²) in [5.74, 6) is -0.433. The second kappa shape index (κ2) is 11.0.